The lowest BCUT2D eigenvalue weighted by molar-refractivity contribution is -0.387. The standard InChI is InChI=1S/C16H23ClN4O5S.ClH/c1-19(2)9-7-18-16(22)20-8-3-4-13(11-20)27(25,26)15-10-12(17)5-6-14(15)21(23)24;/h5-6,10,13H,3-4,7-9,11H2,1-2H3,(H,18,22);1H. The van der Waals surface area contributed by atoms with E-state index in [-0.39, 0.29) is 30.0 Å². The van der Waals surface area contributed by atoms with Crippen LogP contribution < -0.4 is 5.32 Å². The van der Waals surface area contributed by atoms with Gasteiger partial charge in [-0.2, -0.15) is 0 Å². The zero-order valence-electron chi connectivity index (χ0n) is 15.6. The number of nitro benzene ring substituents is 1. The number of carbonyl (C=O) groups excluding carboxylic acids is 1. The van der Waals surface area contributed by atoms with Gasteiger partial charge >= 0.3 is 6.03 Å². The van der Waals surface area contributed by atoms with E-state index >= 15 is 0 Å². The number of rotatable bonds is 6. The Hall–Kier alpha value is -1.62. The molecule has 1 atom stereocenters. The second kappa shape index (κ2) is 10.2. The molecule has 1 aliphatic rings. The number of nitrogens with zero attached hydrogens (tertiary/aromatic N) is 3. The summed E-state index contributed by atoms with van der Waals surface area (Å²) in [5.74, 6) is 0. The number of sulfone groups is 1. The van der Waals surface area contributed by atoms with Gasteiger partial charge in [-0.05, 0) is 39.1 Å². The zero-order chi connectivity index (χ0) is 20.2. The van der Waals surface area contributed by atoms with Crippen LogP contribution in [0.15, 0.2) is 23.1 Å². The largest absolute Gasteiger partial charge is 0.337 e. The maximum absolute atomic E-state index is 13.0. The van der Waals surface area contributed by atoms with Gasteiger partial charge in [0, 0.05) is 37.3 Å². The predicted molar refractivity (Wildman–Crippen MR) is 109 cm³/mol. The van der Waals surface area contributed by atoms with E-state index in [1.807, 2.05) is 19.0 Å². The van der Waals surface area contributed by atoms with Crippen LogP contribution in [0.3, 0.4) is 0 Å². The predicted octanol–water partition coefficient (Wildman–Crippen LogP) is 2.18. The van der Waals surface area contributed by atoms with Crippen LogP contribution in [0.4, 0.5) is 10.5 Å². The van der Waals surface area contributed by atoms with Crippen molar-refractivity contribution in [1.82, 2.24) is 15.1 Å². The second-order valence-corrected chi connectivity index (χ2v) is 9.29. The average molecular weight is 455 g/mol. The summed E-state index contributed by atoms with van der Waals surface area (Å²) in [5, 5.41) is 13.2. The highest BCUT2D eigenvalue weighted by molar-refractivity contribution is 7.92. The van der Waals surface area contributed by atoms with Crippen molar-refractivity contribution in [3.8, 4) is 0 Å². The highest BCUT2D eigenvalue weighted by Crippen LogP contribution is 2.32. The fourth-order valence-electron chi connectivity index (χ4n) is 2.92. The molecule has 9 nitrogen and oxygen atoms in total. The zero-order valence-corrected chi connectivity index (χ0v) is 18.0. The van der Waals surface area contributed by atoms with Crippen molar-refractivity contribution in [3.63, 3.8) is 0 Å². The van der Waals surface area contributed by atoms with E-state index < -0.39 is 30.6 Å². The molecule has 0 radical (unpaired) electrons. The van der Waals surface area contributed by atoms with Gasteiger partial charge in [-0.1, -0.05) is 11.6 Å². The number of halogens is 2. The third-order valence-corrected chi connectivity index (χ3v) is 6.80. The number of likely N-dealkylation sites (N-methyl/N-ethyl adjacent to an activating group) is 1. The van der Waals surface area contributed by atoms with Gasteiger partial charge in [0.05, 0.1) is 10.2 Å². The molecule has 1 saturated heterocycles. The van der Waals surface area contributed by atoms with Crippen LogP contribution in [-0.2, 0) is 9.84 Å². The maximum atomic E-state index is 13.0. The van der Waals surface area contributed by atoms with Crippen molar-refractivity contribution in [2.24, 2.45) is 0 Å². The molecule has 0 aliphatic carbocycles. The van der Waals surface area contributed by atoms with Gasteiger partial charge < -0.3 is 15.1 Å². The lowest BCUT2D eigenvalue weighted by atomic mass is 10.1. The smallest absolute Gasteiger partial charge is 0.317 e. The molecule has 1 aromatic carbocycles. The van der Waals surface area contributed by atoms with E-state index in [1.165, 1.54) is 11.0 Å². The summed E-state index contributed by atoms with van der Waals surface area (Å²) >= 11 is 5.86. The van der Waals surface area contributed by atoms with Gasteiger partial charge in [0.15, 0.2) is 9.84 Å². The fraction of sp³-hybridized carbons (Fsp3) is 0.562. The first-order valence-corrected chi connectivity index (χ1v) is 10.4. The number of carbonyl (C=O) groups is 1. The van der Waals surface area contributed by atoms with Gasteiger partial charge in [0.1, 0.15) is 4.90 Å². The Labute approximate surface area is 175 Å². The Morgan fingerprint density at radius 1 is 1.43 bits per heavy atom. The molecule has 1 aromatic rings. The number of urea groups is 1. The summed E-state index contributed by atoms with van der Waals surface area (Å²) in [4.78, 5) is 25.7. The van der Waals surface area contributed by atoms with Crippen LogP contribution in [0.1, 0.15) is 12.8 Å². The van der Waals surface area contributed by atoms with Crippen molar-refractivity contribution in [1.29, 1.82) is 0 Å². The number of benzene rings is 1. The first-order valence-electron chi connectivity index (χ1n) is 8.48. The third-order valence-electron chi connectivity index (χ3n) is 4.36. The number of amides is 2. The molecule has 2 rings (SSSR count). The van der Waals surface area contributed by atoms with Gasteiger partial charge in [0.25, 0.3) is 5.69 Å². The normalized spacial score (nSPS) is 17.1. The van der Waals surface area contributed by atoms with E-state index in [0.717, 1.165) is 12.1 Å². The minimum absolute atomic E-state index is 0. The molecule has 28 heavy (non-hydrogen) atoms. The molecular formula is C16H24Cl2N4O5S. The minimum atomic E-state index is -4.02. The molecule has 0 bridgehead atoms. The topological polar surface area (TPSA) is 113 Å². The number of likely N-dealkylation sites (tertiary alicyclic amines) is 1. The fourth-order valence-corrected chi connectivity index (χ4v) is 5.09. The Bertz CT molecular complexity index is 819. The van der Waals surface area contributed by atoms with Gasteiger partial charge in [0.2, 0.25) is 0 Å². The first kappa shape index (κ1) is 24.4. The quantitative estimate of drug-likeness (QED) is 0.520. The van der Waals surface area contributed by atoms with E-state index in [9.17, 15) is 23.3 Å². The number of hydrogen-bond acceptors (Lipinski definition) is 6. The van der Waals surface area contributed by atoms with Crippen molar-refractivity contribution in [3.05, 3.63) is 33.3 Å². The minimum Gasteiger partial charge on any atom is -0.337 e. The van der Waals surface area contributed by atoms with Crippen molar-refractivity contribution in [2.75, 3.05) is 40.3 Å². The molecule has 0 spiro atoms. The summed E-state index contributed by atoms with van der Waals surface area (Å²) in [6, 6.07) is 3.14. The number of hydrogen-bond donors (Lipinski definition) is 1. The monoisotopic (exact) mass is 454 g/mol. The third kappa shape index (κ3) is 5.94. The summed E-state index contributed by atoms with van der Waals surface area (Å²) in [5.41, 5.74) is -0.507. The van der Waals surface area contributed by atoms with Crippen molar-refractivity contribution >= 4 is 45.6 Å². The molecule has 1 N–H and O–H groups in total. The molecule has 1 fully saturated rings. The molecule has 158 valence electrons. The molecule has 12 heteroatoms. The lowest BCUT2D eigenvalue weighted by Gasteiger charge is -2.32. The van der Waals surface area contributed by atoms with Gasteiger partial charge in [-0.3, -0.25) is 10.1 Å². The lowest BCUT2D eigenvalue weighted by Crippen LogP contribution is -2.50. The Morgan fingerprint density at radius 2 is 2.11 bits per heavy atom. The Kier molecular flexibility index (Phi) is 8.93. The molecule has 1 unspecified atom stereocenters. The van der Waals surface area contributed by atoms with Crippen LogP contribution in [0.5, 0.6) is 0 Å². The first-order chi connectivity index (χ1) is 12.6. The Balaban J connectivity index is 0.00000392. The van der Waals surface area contributed by atoms with Crippen molar-refractivity contribution < 1.29 is 18.1 Å². The highest BCUT2D eigenvalue weighted by Gasteiger charge is 2.37. The molecule has 2 amide bonds. The second-order valence-electron chi connectivity index (χ2n) is 6.66. The van der Waals surface area contributed by atoms with Gasteiger partial charge in [-0.25, -0.2) is 13.2 Å². The molecule has 0 aromatic heterocycles. The SMILES string of the molecule is CN(C)CCNC(=O)N1CCCC(S(=O)(=O)c2cc(Cl)ccc2[N+](=O)[O-])C1.Cl. The van der Waals surface area contributed by atoms with E-state index in [4.69, 9.17) is 11.6 Å². The van der Waals surface area contributed by atoms with E-state index in [0.29, 0.717) is 32.5 Å². The Morgan fingerprint density at radius 3 is 2.71 bits per heavy atom. The number of nitro groups is 1. The summed E-state index contributed by atoms with van der Waals surface area (Å²) in [7, 11) is -0.252. The summed E-state index contributed by atoms with van der Waals surface area (Å²) in [6.07, 6.45) is 0.826. The van der Waals surface area contributed by atoms with Crippen LogP contribution in [0.2, 0.25) is 5.02 Å². The van der Waals surface area contributed by atoms with Crippen molar-refractivity contribution in [2.45, 2.75) is 23.0 Å². The molecule has 0 saturated carbocycles. The number of piperidine rings is 1. The summed E-state index contributed by atoms with van der Waals surface area (Å²) < 4.78 is 26.0. The molecule has 1 aliphatic heterocycles. The summed E-state index contributed by atoms with van der Waals surface area (Å²) in [6.45, 7) is 1.53. The maximum Gasteiger partial charge on any atom is 0.317 e. The van der Waals surface area contributed by atoms with Crippen LogP contribution in [0.25, 0.3) is 0 Å². The van der Waals surface area contributed by atoms with Crippen LogP contribution in [0, 0.1) is 10.1 Å². The van der Waals surface area contributed by atoms with Crippen LogP contribution >= 0.6 is 24.0 Å². The van der Waals surface area contributed by atoms with E-state index in [2.05, 4.69) is 5.32 Å². The average Bonchev–Trinajstić information content (AvgIpc) is 2.61. The van der Waals surface area contributed by atoms with Crippen LogP contribution in [-0.4, -0.2) is 74.7 Å². The molecule has 1 heterocycles. The highest BCUT2D eigenvalue weighted by atomic mass is 35.5. The van der Waals surface area contributed by atoms with Gasteiger partial charge in [-0.15, -0.1) is 12.4 Å². The number of nitrogens with one attached hydrogen (secondary N) is 1. The van der Waals surface area contributed by atoms with E-state index in [1.54, 1.807) is 0 Å². The molecular weight excluding hydrogens is 431 g/mol.